The summed E-state index contributed by atoms with van der Waals surface area (Å²) in [5.41, 5.74) is 11.7. The summed E-state index contributed by atoms with van der Waals surface area (Å²) in [5.74, 6) is -3.11. The summed E-state index contributed by atoms with van der Waals surface area (Å²) in [4.78, 5) is 63.4. The van der Waals surface area contributed by atoms with Crippen molar-refractivity contribution in [2.24, 2.45) is 5.16 Å². The van der Waals surface area contributed by atoms with Crippen molar-refractivity contribution in [3.8, 4) is 0 Å². The molecule has 2 aromatic rings. The van der Waals surface area contributed by atoms with Gasteiger partial charge in [-0.05, 0) is 0 Å². The highest BCUT2D eigenvalue weighted by atomic mass is 32.2. The highest BCUT2D eigenvalue weighted by Gasteiger charge is 2.54. The maximum absolute atomic E-state index is 13.1. The monoisotopic (exact) mass is 553 g/mol. The van der Waals surface area contributed by atoms with Crippen molar-refractivity contribution >= 4 is 74.2 Å². The lowest BCUT2D eigenvalue weighted by molar-refractivity contribution is -0.150. The van der Waals surface area contributed by atoms with Crippen LogP contribution in [0.4, 0.5) is 10.3 Å². The van der Waals surface area contributed by atoms with Gasteiger partial charge >= 0.3 is 11.9 Å². The van der Waals surface area contributed by atoms with Gasteiger partial charge in [-0.1, -0.05) is 5.16 Å². The molecule has 190 valence electrons. The van der Waals surface area contributed by atoms with Gasteiger partial charge in [-0.3, -0.25) is 19.3 Å². The van der Waals surface area contributed by atoms with E-state index in [1.165, 1.54) is 35.4 Å². The second-order valence-corrected chi connectivity index (χ2v) is 10.2. The molecule has 17 heteroatoms. The fourth-order valence-electron chi connectivity index (χ4n) is 3.35. The number of thioether (sulfide) groups is 1. The molecule has 2 amide bonds. The number of carboxylic acids is 1. The summed E-state index contributed by atoms with van der Waals surface area (Å²) in [7, 11) is 0. The zero-order chi connectivity index (χ0) is 26.0. The Hall–Kier alpha value is -3.70. The molecule has 0 aromatic carbocycles. The first-order valence-corrected chi connectivity index (χ1v) is 12.9. The first-order valence-electron chi connectivity index (χ1n) is 10.1. The number of rotatable bonds is 9. The first-order chi connectivity index (χ1) is 17.2. The Morgan fingerprint density at radius 2 is 1.94 bits per heavy atom. The van der Waals surface area contributed by atoms with Crippen LogP contribution in [-0.4, -0.2) is 73.2 Å². The number of ether oxygens (including phenoxy) is 1. The highest BCUT2D eigenvalue weighted by molar-refractivity contribution is 8.00. The van der Waals surface area contributed by atoms with Crippen LogP contribution in [0, 0.1) is 0 Å². The van der Waals surface area contributed by atoms with Gasteiger partial charge in [-0.2, -0.15) is 0 Å². The molecule has 2 unspecified atom stereocenters. The molecule has 4 heterocycles. The molecule has 0 spiro atoms. The van der Waals surface area contributed by atoms with Crippen LogP contribution in [0.2, 0.25) is 0 Å². The lowest BCUT2D eigenvalue weighted by Crippen LogP contribution is -2.71. The molecule has 1 saturated heterocycles. The number of oxime groups is 1. The third-order valence-electron chi connectivity index (χ3n) is 4.90. The summed E-state index contributed by atoms with van der Waals surface area (Å²) in [6.07, 6.45) is 0. The number of thiazole rings is 2. The summed E-state index contributed by atoms with van der Waals surface area (Å²) in [6.45, 7) is 0.892. The fraction of sp³-hybridized carbons (Fsp3) is 0.316. The molecule has 2 aliphatic rings. The fourth-order valence-corrected chi connectivity index (χ4v) is 5.77. The molecule has 36 heavy (non-hydrogen) atoms. The summed E-state index contributed by atoms with van der Waals surface area (Å²) in [6, 6.07) is -1.02. The number of fused-ring (bicyclic) bond motifs is 1. The van der Waals surface area contributed by atoms with Crippen LogP contribution in [-0.2, 0) is 35.4 Å². The number of amides is 2. The number of aromatic nitrogens is 2. The van der Waals surface area contributed by atoms with Crippen molar-refractivity contribution in [2.45, 2.75) is 24.9 Å². The molecule has 2 atom stereocenters. The van der Waals surface area contributed by atoms with Crippen molar-refractivity contribution in [1.29, 1.82) is 0 Å². The molecule has 2 aliphatic heterocycles. The van der Waals surface area contributed by atoms with Crippen LogP contribution in [0.3, 0.4) is 0 Å². The van der Waals surface area contributed by atoms with E-state index in [0.29, 0.717) is 10.8 Å². The molecule has 0 bridgehead atoms. The van der Waals surface area contributed by atoms with Crippen LogP contribution in [0.15, 0.2) is 27.2 Å². The van der Waals surface area contributed by atoms with Crippen molar-refractivity contribution < 1.29 is 33.9 Å². The maximum Gasteiger partial charge on any atom is 0.352 e. The quantitative estimate of drug-likeness (QED) is 0.140. The zero-order valence-electron chi connectivity index (χ0n) is 18.5. The molecule has 4 rings (SSSR count). The molecule has 6 N–H and O–H groups in total. The van der Waals surface area contributed by atoms with E-state index in [4.69, 9.17) is 21.0 Å². The predicted molar refractivity (Wildman–Crippen MR) is 131 cm³/mol. The smallest absolute Gasteiger partial charge is 0.352 e. The lowest BCUT2D eigenvalue weighted by Gasteiger charge is -2.49. The summed E-state index contributed by atoms with van der Waals surface area (Å²) < 4.78 is 4.91. The lowest BCUT2D eigenvalue weighted by atomic mass is 10.0. The number of β-lactam (4-membered cyclic amide) rings is 1. The summed E-state index contributed by atoms with van der Waals surface area (Å²) >= 11 is 3.54. The average molecular weight is 554 g/mol. The van der Waals surface area contributed by atoms with Gasteiger partial charge < -0.3 is 31.5 Å². The first kappa shape index (κ1) is 25.4. The number of carbonyl (C=O) groups excluding carboxylic acids is 3. The van der Waals surface area contributed by atoms with E-state index < -0.39 is 35.2 Å². The molecular weight excluding hydrogens is 534 g/mol. The number of carboxylic acid groups (broad SMARTS) is 1. The van der Waals surface area contributed by atoms with E-state index >= 15 is 0 Å². The van der Waals surface area contributed by atoms with Gasteiger partial charge in [0, 0.05) is 29.0 Å². The number of hydrogen-bond donors (Lipinski definition) is 4. The SMILES string of the molecule is CC(=O)OCC1=C(C(=O)O)N2C(=O)C(NC(=O)/C(=N\OCc3csc(N)n3)c3csc(N)n3)C2SC1. The minimum atomic E-state index is -1.34. The molecular formula is C19H19N7O7S3. The maximum atomic E-state index is 13.1. The number of nitrogens with zero attached hydrogens (tertiary/aromatic N) is 4. The van der Waals surface area contributed by atoms with Gasteiger partial charge in [-0.25, -0.2) is 14.8 Å². The summed E-state index contributed by atoms with van der Waals surface area (Å²) in [5, 5.41) is 19.2. The van der Waals surface area contributed by atoms with Crippen LogP contribution in [0.1, 0.15) is 18.3 Å². The number of aliphatic carboxylic acids is 1. The van der Waals surface area contributed by atoms with E-state index in [9.17, 15) is 24.3 Å². The number of nitrogens with one attached hydrogen (secondary N) is 1. The molecule has 0 aliphatic carbocycles. The van der Waals surface area contributed by atoms with E-state index in [-0.39, 0.29) is 46.8 Å². The van der Waals surface area contributed by atoms with Gasteiger partial charge in [0.2, 0.25) is 0 Å². The van der Waals surface area contributed by atoms with Crippen molar-refractivity contribution in [3.63, 3.8) is 0 Å². The van der Waals surface area contributed by atoms with Crippen LogP contribution >= 0.6 is 34.4 Å². The molecule has 1 fully saturated rings. The van der Waals surface area contributed by atoms with E-state index in [2.05, 4.69) is 20.4 Å². The highest BCUT2D eigenvalue weighted by Crippen LogP contribution is 2.40. The number of hydrogen-bond acceptors (Lipinski definition) is 14. The normalized spacial score (nSPS) is 19.4. The Kier molecular flexibility index (Phi) is 7.41. The topological polar surface area (TPSA) is 212 Å². The molecule has 0 radical (unpaired) electrons. The van der Waals surface area contributed by atoms with Crippen molar-refractivity contribution in [2.75, 3.05) is 23.8 Å². The minimum Gasteiger partial charge on any atom is -0.477 e. The second-order valence-electron chi connectivity index (χ2n) is 7.36. The number of esters is 1. The van der Waals surface area contributed by atoms with Gasteiger partial charge in [0.25, 0.3) is 11.8 Å². The minimum absolute atomic E-state index is 0.0589. The Morgan fingerprint density at radius 1 is 1.22 bits per heavy atom. The number of nitrogen functional groups attached to an aromatic ring is 2. The predicted octanol–water partition coefficient (Wildman–Crippen LogP) is -0.0134. The van der Waals surface area contributed by atoms with E-state index in [1.807, 2.05) is 0 Å². The standard InChI is InChI=1S/C19H19N7O7S3/c1-7(27)32-2-8-4-34-16-12(15(29)26(16)13(8)17(30)31)24-14(28)11(10-6-36-19(21)23-10)25-33-3-9-5-35-18(20)22-9/h5-6,12,16H,2-4H2,1H3,(H2,20,22)(H2,21,23)(H,24,28)(H,30,31)/b25-11-. The Labute approximate surface area is 215 Å². The van der Waals surface area contributed by atoms with Crippen LogP contribution < -0.4 is 16.8 Å². The number of anilines is 2. The number of carbonyl (C=O) groups is 4. The Morgan fingerprint density at radius 3 is 2.56 bits per heavy atom. The van der Waals surface area contributed by atoms with E-state index in [0.717, 1.165) is 16.2 Å². The zero-order valence-corrected chi connectivity index (χ0v) is 20.9. The molecule has 2 aromatic heterocycles. The van der Waals surface area contributed by atoms with E-state index in [1.54, 1.807) is 5.38 Å². The van der Waals surface area contributed by atoms with Crippen molar-refractivity contribution in [1.82, 2.24) is 20.2 Å². The Bertz CT molecular complexity index is 1290. The molecule has 0 saturated carbocycles. The number of nitrogens with two attached hydrogens (primary N) is 2. The average Bonchev–Trinajstić information content (AvgIpc) is 3.45. The Balaban J connectivity index is 1.49. The second kappa shape index (κ2) is 10.5. The van der Waals surface area contributed by atoms with Gasteiger partial charge in [0.15, 0.2) is 22.6 Å². The van der Waals surface area contributed by atoms with Gasteiger partial charge in [-0.15, -0.1) is 34.4 Å². The largest absolute Gasteiger partial charge is 0.477 e. The molecule has 14 nitrogen and oxygen atoms in total. The van der Waals surface area contributed by atoms with Gasteiger partial charge in [0.1, 0.15) is 29.4 Å². The van der Waals surface area contributed by atoms with Crippen LogP contribution in [0.5, 0.6) is 0 Å². The van der Waals surface area contributed by atoms with Gasteiger partial charge in [0.05, 0.1) is 5.69 Å². The third kappa shape index (κ3) is 5.26. The van der Waals surface area contributed by atoms with Crippen LogP contribution in [0.25, 0.3) is 0 Å². The third-order valence-corrected chi connectivity index (χ3v) is 7.64. The van der Waals surface area contributed by atoms with Crippen molar-refractivity contribution in [3.05, 3.63) is 33.4 Å².